The molecule has 0 aromatic heterocycles. The van der Waals surface area contributed by atoms with Crippen LogP contribution in [0.1, 0.15) is 19.3 Å². The quantitative estimate of drug-likeness (QED) is 0.652. The fraction of sp³-hybridized carbons (Fsp3) is 0.533. The van der Waals surface area contributed by atoms with Crippen molar-refractivity contribution in [3.8, 4) is 5.75 Å². The molecule has 1 saturated heterocycles. The van der Waals surface area contributed by atoms with Crippen molar-refractivity contribution in [3.05, 3.63) is 35.7 Å². The lowest BCUT2D eigenvalue weighted by atomic mass is 10.1. The van der Waals surface area contributed by atoms with Crippen LogP contribution in [0.5, 0.6) is 5.75 Å². The van der Waals surface area contributed by atoms with Gasteiger partial charge in [0.2, 0.25) is 0 Å². The van der Waals surface area contributed by atoms with Gasteiger partial charge in [-0.05, 0) is 44.5 Å². The normalized spacial score (nSPS) is 17.1. The molecule has 1 aliphatic heterocycles. The first-order valence-electron chi connectivity index (χ1n) is 6.86. The Labute approximate surface area is 115 Å². The van der Waals surface area contributed by atoms with Gasteiger partial charge in [-0.1, -0.05) is 12.1 Å². The van der Waals surface area contributed by atoms with E-state index in [1.165, 1.54) is 0 Å². The molecule has 2 N–H and O–H groups in total. The molecule has 19 heavy (non-hydrogen) atoms. The topological polar surface area (TPSA) is 42.8 Å². The predicted molar refractivity (Wildman–Crippen MR) is 76.5 cm³/mol. The number of rotatable bonds is 5. The zero-order valence-corrected chi connectivity index (χ0v) is 11.2. The van der Waals surface area contributed by atoms with E-state index in [0.717, 1.165) is 51.3 Å². The van der Waals surface area contributed by atoms with Gasteiger partial charge in [0.05, 0.1) is 13.2 Å². The molecule has 0 spiro atoms. The summed E-state index contributed by atoms with van der Waals surface area (Å²) in [5.74, 6) is 0.841. The van der Waals surface area contributed by atoms with Crippen molar-refractivity contribution in [2.45, 2.75) is 25.3 Å². The zero-order chi connectivity index (χ0) is 13.5. The van der Waals surface area contributed by atoms with Crippen LogP contribution in [0.15, 0.2) is 24.3 Å². The van der Waals surface area contributed by atoms with Gasteiger partial charge in [0.25, 0.3) is 0 Å². The van der Waals surface area contributed by atoms with Gasteiger partial charge in [-0.2, -0.15) is 0 Å². The van der Waals surface area contributed by atoms with Gasteiger partial charge < -0.3 is 15.4 Å². The van der Waals surface area contributed by atoms with Crippen molar-refractivity contribution >= 4 is 5.69 Å². The molecule has 1 fully saturated rings. The molecule has 4 nitrogen and oxygen atoms in total. The van der Waals surface area contributed by atoms with Gasteiger partial charge in [-0.15, -0.1) is 0 Å². The largest absolute Gasteiger partial charge is 0.494 e. The molecule has 1 aromatic carbocycles. The van der Waals surface area contributed by atoms with Crippen molar-refractivity contribution in [2.24, 2.45) is 5.73 Å². The van der Waals surface area contributed by atoms with E-state index in [1.807, 2.05) is 12.1 Å². The molecule has 0 atom stereocenters. The van der Waals surface area contributed by atoms with Crippen molar-refractivity contribution in [1.82, 2.24) is 4.90 Å². The summed E-state index contributed by atoms with van der Waals surface area (Å²) in [6.45, 7) is 10.9. The van der Waals surface area contributed by atoms with Crippen LogP contribution in [0.2, 0.25) is 0 Å². The Kier molecular flexibility index (Phi) is 5.20. The number of benzene rings is 1. The van der Waals surface area contributed by atoms with Gasteiger partial charge in [-0.3, -0.25) is 0 Å². The highest BCUT2D eigenvalue weighted by atomic mass is 16.5. The Bertz CT molecular complexity index is 416. The summed E-state index contributed by atoms with van der Waals surface area (Å²) < 4.78 is 5.66. The highest BCUT2D eigenvalue weighted by Crippen LogP contribution is 2.18. The Morgan fingerprint density at radius 3 is 2.58 bits per heavy atom. The summed E-state index contributed by atoms with van der Waals surface area (Å²) in [4.78, 5) is 5.81. The van der Waals surface area contributed by atoms with Crippen LogP contribution >= 0.6 is 0 Å². The molecule has 102 valence electrons. The van der Waals surface area contributed by atoms with E-state index in [1.54, 1.807) is 12.1 Å². The number of hydrogen-bond acceptors (Lipinski definition) is 3. The highest BCUT2D eigenvalue weighted by molar-refractivity contribution is 5.46. The van der Waals surface area contributed by atoms with Crippen molar-refractivity contribution < 1.29 is 4.74 Å². The SMILES string of the molecule is [C-]#[N+]c1ccc(OCCCN2CCC(N)CC2)cc1. The van der Waals surface area contributed by atoms with Crippen LogP contribution in [0.3, 0.4) is 0 Å². The first-order valence-corrected chi connectivity index (χ1v) is 6.86. The average molecular weight is 259 g/mol. The van der Waals surface area contributed by atoms with Crippen molar-refractivity contribution in [1.29, 1.82) is 0 Å². The summed E-state index contributed by atoms with van der Waals surface area (Å²) in [6, 6.07) is 7.68. The highest BCUT2D eigenvalue weighted by Gasteiger charge is 2.14. The smallest absolute Gasteiger partial charge is 0.187 e. The third-order valence-electron chi connectivity index (χ3n) is 3.49. The van der Waals surface area contributed by atoms with E-state index in [0.29, 0.717) is 11.7 Å². The Balaban J connectivity index is 1.62. The molecule has 0 aliphatic carbocycles. The standard InChI is InChI=1S/C15H21N3O/c1-17-14-3-5-15(6-4-14)19-12-2-9-18-10-7-13(16)8-11-18/h3-6,13H,2,7-12,16H2. The molecule has 2 rings (SSSR count). The van der Waals surface area contributed by atoms with E-state index in [9.17, 15) is 0 Å². The Morgan fingerprint density at radius 2 is 1.95 bits per heavy atom. The first-order chi connectivity index (χ1) is 9.28. The first kappa shape index (κ1) is 13.9. The van der Waals surface area contributed by atoms with E-state index in [4.69, 9.17) is 17.0 Å². The maximum atomic E-state index is 6.88. The minimum atomic E-state index is 0.397. The number of nitrogens with two attached hydrogens (primary N) is 1. The predicted octanol–water partition coefficient (Wildman–Crippen LogP) is 2.43. The van der Waals surface area contributed by atoms with Gasteiger partial charge in [0, 0.05) is 12.6 Å². The van der Waals surface area contributed by atoms with Gasteiger partial charge in [0.15, 0.2) is 5.69 Å². The van der Waals surface area contributed by atoms with E-state index >= 15 is 0 Å². The molecule has 0 unspecified atom stereocenters. The second-order valence-electron chi connectivity index (χ2n) is 4.99. The minimum absolute atomic E-state index is 0.397. The number of nitrogens with zero attached hydrogens (tertiary/aromatic N) is 2. The summed E-state index contributed by atoms with van der Waals surface area (Å²) >= 11 is 0. The summed E-state index contributed by atoms with van der Waals surface area (Å²) in [5.41, 5.74) is 6.53. The molecule has 0 bridgehead atoms. The summed E-state index contributed by atoms with van der Waals surface area (Å²) in [6.07, 6.45) is 3.25. The third kappa shape index (κ3) is 4.55. The minimum Gasteiger partial charge on any atom is -0.494 e. The molecule has 0 saturated carbocycles. The Morgan fingerprint density at radius 1 is 1.26 bits per heavy atom. The van der Waals surface area contributed by atoms with Crippen LogP contribution in [0.4, 0.5) is 5.69 Å². The van der Waals surface area contributed by atoms with Crippen LogP contribution in [-0.2, 0) is 0 Å². The van der Waals surface area contributed by atoms with Crippen LogP contribution in [0, 0.1) is 6.57 Å². The van der Waals surface area contributed by atoms with Crippen LogP contribution < -0.4 is 10.5 Å². The summed E-state index contributed by atoms with van der Waals surface area (Å²) in [5, 5.41) is 0. The lowest BCUT2D eigenvalue weighted by Gasteiger charge is -2.29. The average Bonchev–Trinajstić information content (AvgIpc) is 2.46. The van der Waals surface area contributed by atoms with E-state index < -0.39 is 0 Å². The monoisotopic (exact) mass is 259 g/mol. The number of ether oxygens (including phenoxy) is 1. The third-order valence-corrected chi connectivity index (χ3v) is 3.49. The number of piperidine rings is 1. The van der Waals surface area contributed by atoms with Gasteiger partial charge in [0.1, 0.15) is 5.75 Å². The molecule has 1 heterocycles. The van der Waals surface area contributed by atoms with Gasteiger partial charge in [-0.25, -0.2) is 4.85 Å². The van der Waals surface area contributed by atoms with Crippen molar-refractivity contribution in [3.63, 3.8) is 0 Å². The maximum Gasteiger partial charge on any atom is 0.187 e. The fourth-order valence-electron chi connectivity index (χ4n) is 2.27. The second-order valence-corrected chi connectivity index (χ2v) is 4.99. The van der Waals surface area contributed by atoms with Gasteiger partial charge >= 0.3 is 0 Å². The maximum absolute atomic E-state index is 6.88. The van der Waals surface area contributed by atoms with E-state index in [-0.39, 0.29) is 0 Å². The Hall–Kier alpha value is -1.57. The van der Waals surface area contributed by atoms with Crippen LogP contribution in [0.25, 0.3) is 4.85 Å². The molecular formula is C15H21N3O. The van der Waals surface area contributed by atoms with Crippen molar-refractivity contribution in [2.75, 3.05) is 26.2 Å². The molecule has 0 amide bonds. The number of hydrogen-bond donors (Lipinski definition) is 1. The lowest BCUT2D eigenvalue weighted by molar-refractivity contribution is 0.194. The lowest BCUT2D eigenvalue weighted by Crippen LogP contribution is -2.40. The number of likely N-dealkylation sites (tertiary alicyclic amines) is 1. The molecule has 0 radical (unpaired) electrons. The molecular weight excluding hydrogens is 238 g/mol. The molecule has 4 heteroatoms. The fourth-order valence-corrected chi connectivity index (χ4v) is 2.27. The second kappa shape index (κ2) is 7.13. The zero-order valence-electron chi connectivity index (χ0n) is 11.2. The van der Waals surface area contributed by atoms with E-state index in [2.05, 4.69) is 9.74 Å². The molecule has 1 aliphatic rings. The van der Waals surface area contributed by atoms with Crippen LogP contribution in [-0.4, -0.2) is 37.2 Å². The summed E-state index contributed by atoms with van der Waals surface area (Å²) in [7, 11) is 0. The molecule has 1 aromatic rings.